The zero-order valence-corrected chi connectivity index (χ0v) is 20.3. The molecule has 190 valence electrons. The van der Waals surface area contributed by atoms with Crippen LogP contribution in [0.15, 0.2) is 42.5 Å². The lowest BCUT2D eigenvalue weighted by atomic mass is 9.62. The molecule has 2 aliphatic heterocycles. The standard InChI is InChI=1S/C27H32F4N2O2/c1-25(2,18-5-4-6-19(15-18)27(29,30)31)24(34)33-13-10-26(11-14-33)9-12-32-17-22(26)21-8-7-20(28)16-23(21)35-3/h4-8,15-16,22,32H,9-14,17H2,1-3H3. The van der Waals surface area contributed by atoms with Gasteiger partial charge in [-0.15, -0.1) is 0 Å². The number of alkyl halides is 3. The van der Waals surface area contributed by atoms with Crippen molar-refractivity contribution in [3.8, 4) is 5.75 Å². The average Bonchev–Trinajstić information content (AvgIpc) is 2.84. The van der Waals surface area contributed by atoms with Crippen LogP contribution in [0.25, 0.3) is 0 Å². The van der Waals surface area contributed by atoms with Crippen LogP contribution in [0.1, 0.15) is 55.7 Å². The van der Waals surface area contributed by atoms with Gasteiger partial charge < -0.3 is 15.0 Å². The Morgan fingerprint density at radius 2 is 1.74 bits per heavy atom. The maximum absolute atomic E-state index is 13.8. The van der Waals surface area contributed by atoms with Crippen LogP contribution in [0.4, 0.5) is 17.6 Å². The van der Waals surface area contributed by atoms with Gasteiger partial charge in [0.2, 0.25) is 5.91 Å². The molecule has 4 rings (SSSR count). The Kier molecular flexibility index (Phi) is 6.88. The fourth-order valence-corrected chi connectivity index (χ4v) is 5.74. The summed E-state index contributed by atoms with van der Waals surface area (Å²) in [4.78, 5) is 15.3. The number of benzene rings is 2. The molecule has 0 saturated carbocycles. The zero-order valence-electron chi connectivity index (χ0n) is 20.3. The Hall–Kier alpha value is -2.61. The molecule has 2 saturated heterocycles. The summed E-state index contributed by atoms with van der Waals surface area (Å²) in [7, 11) is 1.54. The monoisotopic (exact) mass is 492 g/mol. The third-order valence-corrected chi connectivity index (χ3v) is 7.95. The van der Waals surface area contributed by atoms with Crippen molar-refractivity contribution in [1.82, 2.24) is 10.2 Å². The van der Waals surface area contributed by atoms with E-state index >= 15 is 0 Å². The molecule has 0 radical (unpaired) electrons. The average molecular weight is 493 g/mol. The number of likely N-dealkylation sites (tertiary alicyclic amines) is 1. The van der Waals surface area contributed by atoms with E-state index in [2.05, 4.69) is 5.32 Å². The molecule has 2 heterocycles. The highest BCUT2D eigenvalue weighted by Crippen LogP contribution is 2.50. The molecule has 1 N–H and O–H groups in total. The highest BCUT2D eigenvalue weighted by molar-refractivity contribution is 5.87. The summed E-state index contributed by atoms with van der Waals surface area (Å²) < 4.78 is 59.0. The number of methoxy groups -OCH3 is 1. The van der Waals surface area contributed by atoms with Gasteiger partial charge in [-0.25, -0.2) is 4.39 Å². The molecule has 0 bridgehead atoms. The summed E-state index contributed by atoms with van der Waals surface area (Å²) in [5.41, 5.74) is -0.578. The molecule has 2 aromatic rings. The van der Waals surface area contributed by atoms with E-state index in [0.717, 1.165) is 50.0 Å². The molecule has 8 heteroatoms. The van der Waals surface area contributed by atoms with Gasteiger partial charge in [-0.05, 0) is 68.3 Å². The number of carbonyl (C=O) groups excluding carboxylic acids is 1. The number of rotatable bonds is 4. The highest BCUT2D eigenvalue weighted by Gasteiger charge is 2.46. The van der Waals surface area contributed by atoms with Crippen LogP contribution in [-0.2, 0) is 16.4 Å². The summed E-state index contributed by atoms with van der Waals surface area (Å²) in [6.45, 7) is 6.04. The van der Waals surface area contributed by atoms with Gasteiger partial charge in [0.05, 0.1) is 18.1 Å². The molecule has 1 amide bonds. The Labute approximate surface area is 203 Å². The number of carbonyl (C=O) groups is 1. The van der Waals surface area contributed by atoms with Crippen molar-refractivity contribution in [2.24, 2.45) is 5.41 Å². The molecule has 1 unspecified atom stereocenters. The van der Waals surface area contributed by atoms with Crippen LogP contribution in [0.5, 0.6) is 5.75 Å². The number of ether oxygens (including phenoxy) is 1. The minimum atomic E-state index is -4.46. The summed E-state index contributed by atoms with van der Waals surface area (Å²) in [6, 6.07) is 9.70. The molecule has 0 aromatic heterocycles. The van der Waals surface area contributed by atoms with Crippen molar-refractivity contribution in [2.75, 3.05) is 33.3 Å². The first-order valence-electron chi connectivity index (χ1n) is 12.0. The molecule has 35 heavy (non-hydrogen) atoms. The number of nitrogens with one attached hydrogen (secondary N) is 1. The van der Waals surface area contributed by atoms with E-state index < -0.39 is 17.2 Å². The molecule has 1 spiro atoms. The van der Waals surface area contributed by atoms with E-state index in [1.165, 1.54) is 18.2 Å². The Bertz CT molecular complexity index is 1080. The zero-order chi connectivity index (χ0) is 25.4. The Morgan fingerprint density at radius 3 is 2.40 bits per heavy atom. The summed E-state index contributed by atoms with van der Waals surface area (Å²) in [6.07, 6.45) is -2.00. The third kappa shape index (κ3) is 4.90. The van der Waals surface area contributed by atoms with Crippen molar-refractivity contribution in [3.63, 3.8) is 0 Å². The highest BCUT2D eigenvalue weighted by atomic mass is 19.4. The number of hydrogen-bond acceptors (Lipinski definition) is 3. The topological polar surface area (TPSA) is 41.6 Å². The lowest BCUT2D eigenvalue weighted by Crippen LogP contribution is -2.53. The van der Waals surface area contributed by atoms with Gasteiger partial charge in [-0.2, -0.15) is 13.2 Å². The van der Waals surface area contributed by atoms with Crippen LogP contribution < -0.4 is 10.1 Å². The first-order chi connectivity index (χ1) is 16.5. The second-order valence-corrected chi connectivity index (χ2v) is 10.3. The predicted octanol–water partition coefficient (Wildman–Crippen LogP) is 5.52. The maximum Gasteiger partial charge on any atom is 0.416 e. The van der Waals surface area contributed by atoms with E-state index in [-0.39, 0.29) is 23.1 Å². The van der Waals surface area contributed by atoms with Gasteiger partial charge in [0.15, 0.2) is 0 Å². The largest absolute Gasteiger partial charge is 0.496 e. The van der Waals surface area contributed by atoms with Crippen molar-refractivity contribution in [3.05, 3.63) is 65.0 Å². The molecular weight excluding hydrogens is 460 g/mol. The van der Waals surface area contributed by atoms with Crippen LogP contribution in [0.2, 0.25) is 0 Å². The molecule has 2 aliphatic rings. The number of halogens is 4. The van der Waals surface area contributed by atoms with E-state index in [1.54, 1.807) is 38.0 Å². The quantitative estimate of drug-likeness (QED) is 0.572. The first-order valence-corrected chi connectivity index (χ1v) is 12.0. The number of amides is 1. The number of hydrogen-bond donors (Lipinski definition) is 1. The second-order valence-electron chi connectivity index (χ2n) is 10.3. The maximum atomic E-state index is 13.8. The second kappa shape index (κ2) is 9.45. The first kappa shape index (κ1) is 25.5. The predicted molar refractivity (Wildman–Crippen MR) is 126 cm³/mol. The normalized spacial score (nSPS) is 20.7. The van der Waals surface area contributed by atoms with E-state index in [4.69, 9.17) is 4.74 Å². The van der Waals surface area contributed by atoms with Gasteiger partial charge in [-0.1, -0.05) is 24.3 Å². The molecular formula is C27H32F4N2O2. The fraction of sp³-hybridized carbons (Fsp3) is 0.519. The SMILES string of the molecule is COc1cc(F)ccc1C1CNCCC12CCN(C(=O)C(C)(C)c1cccc(C(F)(F)F)c1)CC2. The van der Waals surface area contributed by atoms with Crippen LogP contribution >= 0.6 is 0 Å². The summed E-state index contributed by atoms with van der Waals surface area (Å²) in [5.74, 6) is 0.125. The summed E-state index contributed by atoms with van der Waals surface area (Å²) >= 11 is 0. The Morgan fingerprint density at radius 1 is 1.06 bits per heavy atom. The van der Waals surface area contributed by atoms with Gasteiger partial charge in [-0.3, -0.25) is 4.79 Å². The van der Waals surface area contributed by atoms with Crippen LogP contribution in [0, 0.1) is 11.2 Å². The van der Waals surface area contributed by atoms with E-state index in [0.29, 0.717) is 24.4 Å². The van der Waals surface area contributed by atoms with Crippen molar-refractivity contribution >= 4 is 5.91 Å². The smallest absolute Gasteiger partial charge is 0.416 e. The third-order valence-electron chi connectivity index (χ3n) is 7.95. The molecule has 0 aliphatic carbocycles. The van der Waals surface area contributed by atoms with Gasteiger partial charge in [0, 0.05) is 31.6 Å². The number of nitrogens with zero attached hydrogens (tertiary/aromatic N) is 1. The molecule has 1 atom stereocenters. The van der Waals surface area contributed by atoms with Gasteiger partial charge >= 0.3 is 6.18 Å². The van der Waals surface area contributed by atoms with Gasteiger partial charge in [0.1, 0.15) is 11.6 Å². The lowest BCUT2D eigenvalue weighted by Gasteiger charge is -2.50. The Balaban J connectivity index is 1.54. The summed E-state index contributed by atoms with van der Waals surface area (Å²) in [5, 5.41) is 3.45. The van der Waals surface area contributed by atoms with Crippen LogP contribution in [-0.4, -0.2) is 44.1 Å². The molecule has 2 aromatic carbocycles. The van der Waals surface area contributed by atoms with Crippen LogP contribution in [0.3, 0.4) is 0 Å². The van der Waals surface area contributed by atoms with Crippen molar-refractivity contribution < 1.29 is 27.1 Å². The minimum Gasteiger partial charge on any atom is -0.496 e. The van der Waals surface area contributed by atoms with E-state index in [1.807, 2.05) is 0 Å². The van der Waals surface area contributed by atoms with Crippen molar-refractivity contribution in [1.29, 1.82) is 0 Å². The van der Waals surface area contributed by atoms with Gasteiger partial charge in [0.25, 0.3) is 0 Å². The van der Waals surface area contributed by atoms with E-state index in [9.17, 15) is 22.4 Å². The molecule has 4 nitrogen and oxygen atoms in total. The van der Waals surface area contributed by atoms with Crippen molar-refractivity contribution in [2.45, 2.75) is 50.6 Å². The minimum absolute atomic E-state index is 0.0620. The number of piperidine rings is 2. The fourth-order valence-electron chi connectivity index (χ4n) is 5.74. The lowest BCUT2D eigenvalue weighted by molar-refractivity contribution is -0.140. The molecule has 2 fully saturated rings.